The monoisotopic (exact) mass is 256 g/mol. The molecule has 0 saturated carbocycles. The Bertz CT molecular complexity index is 486. The summed E-state index contributed by atoms with van der Waals surface area (Å²) in [5.74, 6) is 0.557. The van der Waals surface area contributed by atoms with E-state index >= 15 is 0 Å². The van der Waals surface area contributed by atoms with E-state index in [1.807, 2.05) is 24.4 Å². The van der Waals surface area contributed by atoms with E-state index in [0.29, 0.717) is 5.92 Å². The SMILES string of the molecule is CC(C)c1ccc(CN2C=CC=CC2/C=N\O)cc1. The molecule has 1 N–H and O–H groups in total. The molecule has 0 aromatic heterocycles. The van der Waals surface area contributed by atoms with Gasteiger partial charge in [-0.2, -0.15) is 0 Å². The Morgan fingerprint density at radius 2 is 2.00 bits per heavy atom. The first-order chi connectivity index (χ1) is 9.20. The van der Waals surface area contributed by atoms with Crippen molar-refractivity contribution in [3.8, 4) is 0 Å². The second-order valence-electron chi connectivity index (χ2n) is 5.05. The number of hydrogen-bond acceptors (Lipinski definition) is 3. The minimum Gasteiger partial charge on any atom is -0.411 e. The average Bonchev–Trinajstić information content (AvgIpc) is 2.42. The minimum absolute atomic E-state index is 0.0137. The molecule has 0 aliphatic carbocycles. The molecule has 1 aliphatic rings. The molecule has 100 valence electrons. The van der Waals surface area contributed by atoms with E-state index in [1.54, 1.807) is 0 Å². The van der Waals surface area contributed by atoms with Crippen LogP contribution in [0.4, 0.5) is 0 Å². The smallest absolute Gasteiger partial charge is 0.0862 e. The first-order valence-corrected chi connectivity index (χ1v) is 6.58. The van der Waals surface area contributed by atoms with Gasteiger partial charge in [0.25, 0.3) is 0 Å². The van der Waals surface area contributed by atoms with Crippen LogP contribution in [0.2, 0.25) is 0 Å². The van der Waals surface area contributed by atoms with Crippen LogP contribution >= 0.6 is 0 Å². The molecule has 3 nitrogen and oxygen atoms in total. The van der Waals surface area contributed by atoms with Gasteiger partial charge in [-0.1, -0.05) is 55.4 Å². The predicted molar refractivity (Wildman–Crippen MR) is 78.4 cm³/mol. The fraction of sp³-hybridized carbons (Fsp3) is 0.312. The molecule has 0 bridgehead atoms. The summed E-state index contributed by atoms with van der Waals surface area (Å²) in [6.07, 6.45) is 9.50. The third-order valence-corrected chi connectivity index (χ3v) is 3.31. The number of rotatable bonds is 4. The molecule has 0 saturated heterocycles. The third kappa shape index (κ3) is 3.47. The lowest BCUT2D eigenvalue weighted by Crippen LogP contribution is -2.31. The van der Waals surface area contributed by atoms with Crippen molar-refractivity contribution in [2.75, 3.05) is 0 Å². The van der Waals surface area contributed by atoms with Crippen molar-refractivity contribution in [3.63, 3.8) is 0 Å². The van der Waals surface area contributed by atoms with Crippen LogP contribution < -0.4 is 0 Å². The average molecular weight is 256 g/mol. The zero-order chi connectivity index (χ0) is 13.7. The Hall–Kier alpha value is -2.03. The molecule has 1 aliphatic heterocycles. The molecular formula is C16H20N2O. The molecule has 1 heterocycles. The van der Waals surface area contributed by atoms with Crippen LogP contribution in [-0.4, -0.2) is 22.4 Å². The van der Waals surface area contributed by atoms with E-state index in [0.717, 1.165) is 6.54 Å². The minimum atomic E-state index is 0.0137. The molecule has 0 spiro atoms. The maximum absolute atomic E-state index is 8.68. The van der Waals surface area contributed by atoms with Crippen molar-refractivity contribution in [2.45, 2.75) is 32.4 Å². The van der Waals surface area contributed by atoms with Gasteiger partial charge in [-0.25, -0.2) is 0 Å². The molecular weight excluding hydrogens is 236 g/mol. The summed E-state index contributed by atoms with van der Waals surface area (Å²) in [6, 6.07) is 8.69. The van der Waals surface area contributed by atoms with Crippen LogP contribution in [0.1, 0.15) is 30.9 Å². The summed E-state index contributed by atoms with van der Waals surface area (Å²) in [7, 11) is 0. The molecule has 0 radical (unpaired) electrons. The van der Waals surface area contributed by atoms with Gasteiger partial charge in [0, 0.05) is 12.7 Å². The first kappa shape index (κ1) is 13.4. The number of hydrogen-bond donors (Lipinski definition) is 1. The zero-order valence-electron chi connectivity index (χ0n) is 11.4. The Labute approximate surface area is 114 Å². The lowest BCUT2D eigenvalue weighted by molar-refractivity contribution is 0.309. The summed E-state index contributed by atoms with van der Waals surface area (Å²) in [5.41, 5.74) is 2.60. The Morgan fingerprint density at radius 1 is 1.26 bits per heavy atom. The summed E-state index contributed by atoms with van der Waals surface area (Å²) < 4.78 is 0. The largest absolute Gasteiger partial charge is 0.411 e. The number of allylic oxidation sites excluding steroid dienone is 2. The fourth-order valence-corrected chi connectivity index (χ4v) is 2.13. The molecule has 1 atom stereocenters. The quantitative estimate of drug-likeness (QED) is 0.508. The first-order valence-electron chi connectivity index (χ1n) is 6.58. The van der Waals surface area contributed by atoms with Crippen molar-refractivity contribution in [1.29, 1.82) is 0 Å². The van der Waals surface area contributed by atoms with E-state index < -0.39 is 0 Å². The van der Waals surface area contributed by atoms with Crippen LogP contribution in [0.25, 0.3) is 0 Å². The van der Waals surface area contributed by atoms with Crippen LogP contribution in [0, 0.1) is 0 Å². The maximum atomic E-state index is 8.68. The van der Waals surface area contributed by atoms with E-state index in [9.17, 15) is 0 Å². The van der Waals surface area contributed by atoms with Crippen LogP contribution in [0.3, 0.4) is 0 Å². The highest BCUT2D eigenvalue weighted by atomic mass is 16.4. The summed E-state index contributed by atoms with van der Waals surface area (Å²) in [5, 5.41) is 11.8. The summed E-state index contributed by atoms with van der Waals surface area (Å²) >= 11 is 0. The fourth-order valence-electron chi connectivity index (χ4n) is 2.13. The van der Waals surface area contributed by atoms with Gasteiger partial charge in [0.1, 0.15) is 0 Å². The number of benzene rings is 1. The van der Waals surface area contributed by atoms with Gasteiger partial charge < -0.3 is 10.1 Å². The zero-order valence-corrected chi connectivity index (χ0v) is 11.4. The third-order valence-electron chi connectivity index (χ3n) is 3.31. The van der Waals surface area contributed by atoms with Crippen molar-refractivity contribution in [2.24, 2.45) is 5.16 Å². The highest BCUT2D eigenvalue weighted by Gasteiger charge is 2.13. The maximum Gasteiger partial charge on any atom is 0.0862 e. The van der Waals surface area contributed by atoms with Gasteiger partial charge in [-0.05, 0) is 23.1 Å². The van der Waals surface area contributed by atoms with Gasteiger partial charge >= 0.3 is 0 Å². The van der Waals surface area contributed by atoms with Crippen LogP contribution in [0.5, 0.6) is 0 Å². The van der Waals surface area contributed by atoms with Gasteiger partial charge in [-0.15, -0.1) is 0 Å². The normalized spacial score (nSPS) is 18.7. The van der Waals surface area contributed by atoms with E-state index in [1.165, 1.54) is 17.3 Å². The molecule has 1 unspecified atom stereocenters. The van der Waals surface area contributed by atoms with Gasteiger partial charge in [-0.3, -0.25) is 0 Å². The summed E-state index contributed by atoms with van der Waals surface area (Å²) in [6.45, 7) is 5.19. The van der Waals surface area contributed by atoms with Crippen molar-refractivity contribution >= 4 is 6.21 Å². The Balaban J connectivity index is 2.07. The molecule has 0 amide bonds. The molecule has 1 aromatic carbocycles. The highest BCUT2D eigenvalue weighted by Crippen LogP contribution is 2.17. The Morgan fingerprint density at radius 3 is 2.63 bits per heavy atom. The topological polar surface area (TPSA) is 35.8 Å². The molecule has 1 aromatic rings. The standard InChI is InChI=1S/C16H20N2O/c1-13(2)15-8-6-14(7-9-15)12-18-10-4-3-5-16(18)11-17-19/h3-11,13,16,19H,12H2,1-2H3/b17-11-. The van der Waals surface area contributed by atoms with Crippen molar-refractivity contribution in [1.82, 2.24) is 4.90 Å². The Kier molecular flexibility index (Phi) is 4.39. The van der Waals surface area contributed by atoms with Gasteiger partial charge in [0.05, 0.1) is 12.3 Å². The van der Waals surface area contributed by atoms with Crippen molar-refractivity contribution in [3.05, 3.63) is 59.8 Å². The lowest BCUT2D eigenvalue weighted by Gasteiger charge is -2.27. The van der Waals surface area contributed by atoms with E-state index in [2.05, 4.69) is 48.2 Å². The van der Waals surface area contributed by atoms with Gasteiger partial charge in [0.2, 0.25) is 0 Å². The van der Waals surface area contributed by atoms with Crippen LogP contribution in [-0.2, 0) is 6.54 Å². The van der Waals surface area contributed by atoms with E-state index in [-0.39, 0.29) is 6.04 Å². The second kappa shape index (κ2) is 6.23. The van der Waals surface area contributed by atoms with E-state index in [4.69, 9.17) is 5.21 Å². The predicted octanol–water partition coefficient (Wildman–Crippen LogP) is 3.52. The number of oxime groups is 1. The number of nitrogens with zero attached hydrogens (tertiary/aromatic N) is 2. The van der Waals surface area contributed by atoms with Gasteiger partial charge in [0.15, 0.2) is 0 Å². The molecule has 19 heavy (non-hydrogen) atoms. The van der Waals surface area contributed by atoms with Crippen molar-refractivity contribution < 1.29 is 5.21 Å². The molecule has 3 heteroatoms. The highest BCUT2D eigenvalue weighted by molar-refractivity contribution is 5.67. The summed E-state index contributed by atoms with van der Waals surface area (Å²) in [4.78, 5) is 2.13. The second-order valence-corrected chi connectivity index (χ2v) is 5.05. The lowest BCUT2D eigenvalue weighted by atomic mass is 10.0. The molecule has 2 rings (SSSR count). The van der Waals surface area contributed by atoms with Crippen LogP contribution in [0.15, 0.2) is 53.8 Å². The molecule has 0 fully saturated rings.